The van der Waals surface area contributed by atoms with Gasteiger partial charge in [-0.3, -0.25) is 9.13 Å². The van der Waals surface area contributed by atoms with Crippen LogP contribution in [0.3, 0.4) is 0 Å². The molecule has 0 aromatic carbocycles. The number of anilines is 1. The first-order chi connectivity index (χ1) is 16.4. The van der Waals surface area contributed by atoms with Crippen LogP contribution >= 0.6 is 26.8 Å². The monoisotopic (exact) mass is 549 g/mol. The standard InChI is InChI=1S/C19H26ClN5O8P2/c1-10-14(8-32-35(30,31)9-34(27,28)29)33-18(15(10)26)25-17-13(6-21-25)16(22-19(20)23-17)24-7-11-2-4-12(24)5-3-11/h6,11-12,14-15,18,26H,1-5,7-9H2,(H,30,31)(H2,27,28,29)/t11?,12?,14-,15-,18-/m1/s1. The van der Waals surface area contributed by atoms with Crippen molar-refractivity contribution in [3.63, 3.8) is 0 Å². The maximum absolute atomic E-state index is 12.0. The summed E-state index contributed by atoms with van der Waals surface area (Å²) in [5.41, 5.74) is 0.512. The number of nitrogens with zero attached hydrogens (tertiary/aromatic N) is 5. The van der Waals surface area contributed by atoms with E-state index in [9.17, 15) is 19.1 Å². The smallest absolute Gasteiger partial charge is 0.340 e. The summed E-state index contributed by atoms with van der Waals surface area (Å²) in [4.78, 5) is 38.7. The van der Waals surface area contributed by atoms with Gasteiger partial charge in [0.05, 0.1) is 18.2 Å². The molecule has 1 unspecified atom stereocenters. The maximum Gasteiger partial charge on any atom is 0.340 e. The van der Waals surface area contributed by atoms with Crippen LogP contribution in [-0.2, 0) is 18.4 Å². The van der Waals surface area contributed by atoms with Crippen LogP contribution in [0.15, 0.2) is 18.3 Å². The Labute approximate surface area is 205 Å². The first-order valence-electron chi connectivity index (χ1n) is 11.1. The van der Waals surface area contributed by atoms with Crippen LogP contribution in [0.2, 0.25) is 5.28 Å². The van der Waals surface area contributed by atoms with Crippen molar-refractivity contribution in [3.05, 3.63) is 23.6 Å². The summed E-state index contributed by atoms with van der Waals surface area (Å²) in [6.07, 6.45) is 2.81. The van der Waals surface area contributed by atoms with Gasteiger partial charge in [-0.1, -0.05) is 6.58 Å². The first kappa shape index (κ1) is 25.3. The van der Waals surface area contributed by atoms with Crippen molar-refractivity contribution in [1.82, 2.24) is 19.7 Å². The van der Waals surface area contributed by atoms with Gasteiger partial charge in [0, 0.05) is 12.6 Å². The highest BCUT2D eigenvalue weighted by Crippen LogP contribution is 2.55. The lowest BCUT2D eigenvalue weighted by Crippen LogP contribution is -2.48. The number of hydrogen-bond donors (Lipinski definition) is 4. The molecule has 3 saturated heterocycles. The molecule has 0 spiro atoms. The molecule has 3 aliphatic heterocycles. The number of fused-ring (bicyclic) bond motifs is 4. The highest BCUT2D eigenvalue weighted by Gasteiger charge is 2.43. The quantitative estimate of drug-likeness (QED) is 0.224. The predicted molar refractivity (Wildman–Crippen MR) is 125 cm³/mol. The minimum Gasteiger partial charge on any atom is -0.384 e. The average molecular weight is 550 g/mol. The average Bonchev–Trinajstić information content (AvgIpc) is 3.32. The van der Waals surface area contributed by atoms with E-state index in [4.69, 9.17) is 30.6 Å². The molecule has 192 valence electrons. The molecule has 13 nitrogen and oxygen atoms in total. The molecule has 5 heterocycles. The van der Waals surface area contributed by atoms with Gasteiger partial charge >= 0.3 is 15.2 Å². The molecular formula is C19H26ClN5O8P2. The summed E-state index contributed by atoms with van der Waals surface area (Å²) in [5, 5.41) is 15.8. The van der Waals surface area contributed by atoms with Crippen molar-refractivity contribution >= 4 is 43.6 Å². The summed E-state index contributed by atoms with van der Waals surface area (Å²) >= 11 is 6.27. The fraction of sp³-hybridized carbons (Fsp3) is 0.632. The molecule has 2 aromatic heterocycles. The Bertz CT molecular complexity index is 1250. The lowest BCUT2D eigenvalue weighted by molar-refractivity contribution is -0.0526. The van der Waals surface area contributed by atoms with Crippen molar-refractivity contribution in [1.29, 1.82) is 0 Å². The molecule has 4 atom stereocenters. The summed E-state index contributed by atoms with van der Waals surface area (Å²) in [5.74, 6) is -0.0348. The first-order valence-corrected chi connectivity index (χ1v) is 15.1. The van der Waals surface area contributed by atoms with Gasteiger partial charge in [0.2, 0.25) is 5.28 Å². The number of aromatic nitrogens is 4. The summed E-state index contributed by atoms with van der Waals surface area (Å²) in [7, 11) is -9.37. The van der Waals surface area contributed by atoms with Crippen molar-refractivity contribution in [3.8, 4) is 0 Å². The lowest BCUT2D eigenvalue weighted by Gasteiger charge is -2.46. The zero-order valence-corrected chi connectivity index (χ0v) is 21.1. The van der Waals surface area contributed by atoms with Gasteiger partial charge in [0.25, 0.3) is 0 Å². The van der Waals surface area contributed by atoms with Crippen molar-refractivity contribution < 1.29 is 38.2 Å². The van der Waals surface area contributed by atoms with E-state index in [1.165, 1.54) is 17.5 Å². The predicted octanol–water partition coefficient (Wildman–Crippen LogP) is 2.01. The van der Waals surface area contributed by atoms with Crippen LogP contribution in [0.1, 0.15) is 31.9 Å². The second kappa shape index (κ2) is 9.16. The molecule has 0 amide bonds. The van der Waals surface area contributed by atoms with E-state index in [1.807, 2.05) is 0 Å². The normalized spacial score (nSPS) is 30.8. The summed E-state index contributed by atoms with van der Waals surface area (Å²) in [6, 6.07) is 0.370. The SMILES string of the molecule is C=C1[C@@H](O)[C@H](n2ncc3c(N4CC5CCC4CC5)nc(Cl)nc32)O[C@@H]1COP(=O)(O)CP(=O)(O)O. The molecule has 2 aromatic rings. The van der Waals surface area contributed by atoms with E-state index in [-0.39, 0.29) is 10.9 Å². The van der Waals surface area contributed by atoms with E-state index < -0.39 is 46.1 Å². The third-order valence-corrected chi connectivity index (χ3v) is 10.4. The molecule has 4 N–H and O–H groups in total. The van der Waals surface area contributed by atoms with Crippen molar-refractivity contribution in [2.75, 3.05) is 24.0 Å². The molecule has 0 radical (unpaired) electrons. The Morgan fingerprint density at radius 3 is 2.54 bits per heavy atom. The van der Waals surface area contributed by atoms with Gasteiger partial charge in [-0.05, 0) is 48.8 Å². The van der Waals surface area contributed by atoms with Crippen LogP contribution in [-0.4, -0.2) is 76.8 Å². The molecule has 4 fully saturated rings. The topological polar surface area (TPSA) is 180 Å². The minimum absolute atomic E-state index is 0.0283. The Balaban J connectivity index is 1.39. The minimum atomic E-state index is -4.78. The van der Waals surface area contributed by atoms with Gasteiger partial charge in [-0.2, -0.15) is 15.1 Å². The van der Waals surface area contributed by atoms with Crippen molar-refractivity contribution in [2.45, 2.75) is 50.2 Å². The Kier molecular flexibility index (Phi) is 6.61. The Morgan fingerprint density at radius 2 is 1.91 bits per heavy atom. The van der Waals surface area contributed by atoms with E-state index in [0.29, 0.717) is 28.8 Å². The second-order valence-electron chi connectivity index (χ2n) is 9.24. The van der Waals surface area contributed by atoms with Crippen LogP contribution in [0.5, 0.6) is 0 Å². The highest BCUT2D eigenvalue weighted by molar-refractivity contribution is 7.70. The number of rotatable bonds is 7. The maximum atomic E-state index is 12.0. The molecule has 16 heteroatoms. The van der Waals surface area contributed by atoms with E-state index in [2.05, 4.69) is 26.5 Å². The van der Waals surface area contributed by atoms with Crippen LogP contribution in [0.25, 0.3) is 11.0 Å². The summed E-state index contributed by atoms with van der Waals surface area (Å²) < 4.78 is 35.1. The third kappa shape index (κ3) is 5.07. The number of piperidine rings is 2. The number of hydrogen-bond acceptors (Lipinski definition) is 9. The summed E-state index contributed by atoms with van der Waals surface area (Å²) in [6.45, 7) is 4.12. The van der Waals surface area contributed by atoms with Crippen LogP contribution < -0.4 is 4.90 Å². The number of ether oxygens (including phenoxy) is 1. The van der Waals surface area contributed by atoms with Crippen LogP contribution in [0, 0.1) is 5.92 Å². The van der Waals surface area contributed by atoms with Gasteiger partial charge in [-0.25, -0.2) is 4.68 Å². The van der Waals surface area contributed by atoms with E-state index in [0.717, 1.165) is 19.4 Å². The zero-order valence-electron chi connectivity index (χ0n) is 18.6. The zero-order chi connectivity index (χ0) is 25.1. The van der Waals surface area contributed by atoms with Gasteiger partial charge < -0.3 is 33.9 Å². The molecule has 35 heavy (non-hydrogen) atoms. The fourth-order valence-electron chi connectivity index (χ4n) is 5.12. The molecule has 1 aliphatic carbocycles. The number of halogens is 1. The third-order valence-electron chi connectivity index (χ3n) is 6.79. The molecule has 4 aliphatic rings. The second-order valence-corrected chi connectivity index (χ2v) is 13.6. The number of aliphatic hydroxyl groups is 1. The largest absolute Gasteiger partial charge is 0.384 e. The van der Waals surface area contributed by atoms with Gasteiger partial charge in [0.15, 0.2) is 17.8 Å². The lowest BCUT2D eigenvalue weighted by atomic mass is 9.80. The number of aliphatic hydroxyl groups excluding tert-OH is 1. The fourth-order valence-corrected chi connectivity index (χ4v) is 7.83. The molecule has 2 bridgehead atoms. The molecule has 1 saturated carbocycles. The van der Waals surface area contributed by atoms with Gasteiger partial charge in [0.1, 0.15) is 18.0 Å². The van der Waals surface area contributed by atoms with Crippen molar-refractivity contribution in [2.24, 2.45) is 5.92 Å². The molecule has 6 rings (SSSR count). The Hall–Kier alpha value is -1.40. The van der Waals surface area contributed by atoms with E-state index >= 15 is 0 Å². The van der Waals surface area contributed by atoms with E-state index in [1.54, 1.807) is 6.20 Å². The van der Waals surface area contributed by atoms with Crippen LogP contribution in [0.4, 0.5) is 5.82 Å². The Morgan fingerprint density at radius 1 is 1.20 bits per heavy atom. The molecular weight excluding hydrogens is 524 g/mol. The highest BCUT2D eigenvalue weighted by atomic mass is 35.5. The van der Waals surface area contributed by atoms with Gasteiger partial charge in [-0.15, -0.1) is 0 Å².